The van der Waals surface area contributed by atoms with Crippen molar-refractivity contribution in [2.75, 3.05) is 57.7 Å². The highest BCUT2D eigenvalue weighted by molar-refractivity contribution is 5.98. The number of nitrogens with two attached hydrogens (primary N) is 1. The molecule has 9 heteroatoms. The number of nitrogens with zero attached hydrogens (tertiary/aromatic N) is 3. The summed E-state index contributed by atoms with van der Waals surface area (Å²) in [5.74, 6) is 1.32. The van der Waals surface area contributed by atoms with E-state index in [2.05, 4.69) is 64.6 Å². The summed E-state index contributed by atoms with van der Waals surface area (Å²) < 4.78 is 10.9. The van der Waals surface area contributed by atoms with Crippen molar-refractivity contribution in [2.24, 2.45) is 11.7 Å². The number of anilines is 2. The van der Waals surface area contributed by atoms with E-state index in [4.69, 9.17) is 15.2 Å². The van der Waals surface area contributed by atoms with Crippen LogP contribution in [-0.4, -0.2) is 81.1 Å². The lowest BCUT2D eigenvalue weighted by atomic mass is 9.90. The third kappa shape index (κ3) is 7.32. The van der Waals surface area contributed by atoms with Crippen molar-refractivity contribution >= 4 is 23.2 Å². The molecule has 0 atom stereocenters. The molecule has 0 bridgehead atoms. The molecule has 244 valence electrons. The van der Waals surface area contributed by atoms with E-state index in [-0.39, 0.29) is 29.8 Å². The van der Waals surface area contributed by atoms with Crippen molar-refractivity contribution in [1.29, 1.82) is 0 Å². The molecule has 3 fully saturated rings. The Bertz CT molecular complexity index is 1540. The molecule has 6 rings (SSSR count). The van der Waals surface area contributed by atoms with E-state index in [0.29, 0.717) is 23.6 Å². The minimum atomic E-state index is -0.0339. The van der Waals surface area contributed by atoms with E-state index in [0.717, 1.165) is 92.8 Å². The summed E-state index contributed by atoms with van der Waals surface area (Å²) >= 11 is 0. The number of benzene rings is 3. The van der Waals surface area contributed by atoms with Crippen molar-refractivity contribution in [2.45, 2.75) is 57.2 Å². The Morgan fingerprint density at radius 1 is 0.848 bits per heavy atom. The quantitative estimate of drug-likeness (QED) is 0.312. The fourth-order valence-electron chi connectivity index (χ4n) is 6.68. The van der Waals surface area contributed by atoms with Crippen molar-refractivity contribution < 1.29 is 19.1 Å². The number of ether oxygens (including phenoxy) is 2. The van der Waals surface area contributed by atoms with Gasteiger partial charge in [0.15, 0.2) is 11.5 Å². The van der Waals surface area contributed by atoms with Gasteiger partial charge in [0.25, 0.3) is 5.91 Å². The molecule has 46 heavy (non-hydrogen) atoms. The highest BCUT2D eigenvalue weighted by atomic mass is 16.5. The number of piperazine rings is 1. The molecule has 1 aliphatic heterocycles. The second kappa shape index (κ2) is 14.1. The summed E-state index contributed by atoms with van der Waals surface area (Å²) in [6.07, 6.45) is 5.46. The molecule has 0 radical (unpaired) electrons. The number of likely N-dealkylation sites (N-methyl/N-ethyl adjacent to an activating group) is 1. The van der Waals surface area contributed by atoms with Gasteiger partial charge in [0.1, 0.15) is 0 Å². The second-order valence-corrected chi connectivity index (χ2v) is 13.1. The number of amides is 2. The van der Waals surface area contributed by atoms with Crippen molar-refractivity contribution in [3.05, 3.63) is 71.8 Å². The summed E-state index contributed by atoms with van der Waals surface area (Å²) in [4.78, 5) is 33.7. The zero-order valence-electron chi connectivity index (χ0n) is 27.3. The van der Waals surface area contributed by atoms with Crippen LogP contribution in [0.15, 0.2) is 60.7 Å². The number of methoxy groups -OCH3 is 2. The topological polar surface area (TPSA) is 100 Å². The maximum atomic E-state index is 14.1. The van der Waals surface area contributed by atoms with E-state index in [1.807, 2.05) is 4.90 Å². The van der Waals surface area contributed by atoms with Gasteiger partial charge in [-0.2, -0.15) is 0 Å². The van der Waals surface area contributed by atoms with Crippen LogP contribution in [0, 0.1) is 5.92 Å². The Labute approximate surface area is 272 Å². The first-order chi connectivity index (χ1) is 22.3. The average molecular weight is 626 g/mol. The van der Waals surface area contributed by atoms with Gasteiger partial charge in [0.2, 0.25) is 5.91 Å². The number of carbonyl (C=O) groups is 2. The summed E-state index contributed by atoms with van der Waals surface area (Å²) in [6, 6.07) is 20.4. The van der Waals surface area contributed by atoms with Gasteiger partial charge in [-0.1, -0.05) is 24.3 Å². The smallest absolute Gasteiger partial charge is 0.254 e. The molecule has 3 aromatic rings. The third-order valence-corrected chi connectivity index (χ3v) is 9.73. The van der Waals surface area contributed by atoms with Crippen molar-refractivity contribution in [1.82, 2.24) is 9.80 Å². The first kappa shape index (κ1) is 31.9. The Balaban J connectivity index is 1.28. The van der Waals surface area contributed by atoms with Gasteiger partial charge >= 0.3 is 0 Å². The van der Waals surface area contributed by atoms with E-state index in [9.17, 15) is 9.59 Å². The Morgan fingerprint density at radius 3 is 2.26 bits per heavy atom. The highest BCUT2D eigenvalue weighted by Gasteiger charge is 2.31. The van der Waals surface area contributed by atoms with E-state index in [1.165, 1.54) is 0 Å². The molecular formula is C37H47N5O4. The van der Waals surface area contributed by atoms with Gasteiger partial charge in [-0.3, -0.25) is 9.59 Å². The van der Waals surface area contributed by atoms with Crippen LogP contribution in [0.25, 0.3) is 11.1 Å². The normalized spacial score (nSPS) is 20.2. The standard InChI is InChI=1S/C37H47N5O4/c1-40-17-19-41(20-18-40)33-15-9-28(22-32(33)39-36(43)26-7-8-26)27-6-4-5-25(21-27)24-42(31-13-11-30(38)12-14-31)37(44)29-10-16-34(45-2)35(23-29)46-3/h4-6,9-10,15-16,21-23,26,30-31H,7-8,11-14,17-20,24,38H2,1-3H3,(H,39,43). The number of rotatable bonds is 10. The Morgan fingerprint density at radius 2 is 1.57 bits per heavy atom. The summed E-state index contributed by atoms with van der Waals surface area (Å²) in [6.45, 7) is 4.31. The van der Waals surface area contributed by atoms with Crippen LogP contribution < -0.4 is 25.4 Å². The fourth-order valence-corrected chi connectivity index (χ4v) is 6.68. The molecule has 3 aromatic carbocycles. The van der Waals surface area contributed by atoms with Crippen LogP contribution in [0.5, 0.6) is 11.5 Å². The molecular weight excluding hydrogens is 578 g/mol. The summed E-state index contributed by atoms with van der Waals surface area (Å²) in [5.41, 5.74) is 11.9. The van der Waals surface area contributed by atoms with Gasteiger partial charge in [-0.15, -0.1) is 0 Å². The van der Waals surface area contributed by atoms with Crippen LogP contribution in [0.2, 0.25) is 0 Å². The molecule has 3 N–H and O–H groups in total. The fraction of sp³-hybridized carbons (Fsp3) is 0.459. The van der Waals surface area contributed by atoms with Crippen LogP contribution in [0.1, 0.15) is 54.4 Å². The zero-order chi connectivity index (χ0) is 32.2. The molecule has 3 aliphatic rings. The molecule has 2 aliphatic carbocycles. The Kier molecular flexibility index (Phi) is 9.80. The molecule has 0 unspecified atom stereocenters. The monoisotopic (exact) mass is 625 g/mol. The van der Waals surface area contributed by atoms with Crippen LogP contribution in [-0.2, 0) is 11.3 Å². The molecule has 0 spiro atoms. The molecule has 9 nitrogen and oxygen atoms in total. The van der Waals surface area contributed by atoms with Gasteiger partial charge in [-0.25, -0.2) is 0 Å². The Hall–Kier alpha value is -4.08. The molecule has 2 saturated carbocycles. The number of hydrogen-bond acceptors (Lipinski definition) is 7. The van der Waals surface area contributed by atoms with Crippen LogP contribution >= 0.6 is 0 Å². The molecule has 0 aromatic heterocycles. The van der Waals surface area contributed by atoms with E-state index >= 15 is 0 Å². The average Bonchev–Trinajstić information content (AvgIpc) is 3.94. The lowest BCUT2D eigenvalue weighted by molar-refractivity contribution is -0.117. The van der Waals surface area contributed by atoms with Gasteiger partial charge < -0.3 is 35.2 Å². The molecule has 1 saturated heterocycles. The maximum absolute atomic E-state index is 14.1. The summed E-state index contributed by atoms with van der Waals surface area (Å²) in [5, 5.41) is 3.26. The third-order valence-electron chi connectivity index (χ3n) is 9.73. The zero-order valence-corrected chi connectivity index (χ0v) is 27.3. The van der Waals surface area contributed by atoms with Gasteiger partial charge in [0.05, 0.1) is 25.6 Å². The predicted molar refractivity (Wildman–Crippen MR) is 183 cm³/mol. The summed E-state index contributed by atoms with van der Waals surface area (Å²) in [7, 11) is 5.32. The minimum absolute atomic E-state index is 0.0339. The predicted octanol–water partition coefficient (Wildman–Crippen LogP) is 5.38. The maximum Gasteiger partial charge on any atom is 0.254 e. The first-order valence-corrected chi connectivity index (χ1v) is 16.6. The molecule has 1 heterocycles. The SMILES string of the molecule is COc1ccc(C(=O)N(Cc2cccc(-c3ccc(N4CCN(C)CC4)c(NC(=O)C4CC4)c3)c2)C2CCC(N)CC2)cc1OC. The number of nitrogens with one attached hydrogen (secondary N) is 1. The lowest BCUT2D eigenvalue weighted by Crippen LogP contribution is -2.44. The van der Waals surface area contributed by atoms with Crippen LogP contribution in [0.3, 0.4) is 0 Å². The van der Waals surface area contributed by atoms with Gasteiger partial charge in [-0.05, 0) is 98.7 Å². The highest BCUT2D eigenvalue weighted by Crippen LogP contribution is 2.36. The van der Waals surface area contributed by atoms with Crippen LogP contribution in [0.4, 0.5) is 11.4 Å². The minimum Gasteiger partial charge on any atom is -0.493 e. The van der Waals surface area contributed by atoms with Crippen molar-refractivity contribution in [3.63, 3.8) is 0 Å². The van der Waals surface area contributed by atoms with E-state index in [1.54, 1.807) is 32.4 Å². The van der Waals surface area contributed by atoms with E-state index < -0.39 is 0 Å². The van der Waals surface area contributed by atoms with Gasteiger partial charge in [0, 0.05) is 56.3 Å². The second-order valence-electron chi connectivity index (χ2n) is 13.1. The number of hydrogen-bond donors (Lipinski definition) is 2. The first-order valence-electron chi connectivity index (χ1n) is 16.6. The van der Waals surface area contributed by atoms with Crippen molar-refractivity contribution in [3.8, 4) is 22.6 Å². The lowest BCUT2D eigenvalue weighted by Gasteiger charge is -2.36. The number of carbonyl (C=O) groups excluding carboxylic acids is 2. The largest absolute Gasteiger partial charge is 0.493 e. The molecule has 2 amide bonds.